The van der Waals surface area contributed by atoms with Crippen molar-refractivity contribution < 1.29 is 32.6 Å². The molecular weight excluding hydrogens is 510 g/mol. The zero-order valence-electron chi connectivity index (χ0n) is 19.4. The van der Waals surface area contributed by atoms with Gasteiger partial charge >= 0.3 is 0 Å². The number of carbonyl (C=O) groups excluding carboxylic acids is 2. The highest BCUT2D eigenvalue weighted by molar-refractivity contribution is 7.98. The van der Waals surface area contributed by atoms with Gasteiger partial charge in [-0.05, 0) is 41.5 Å². The quantitative estimate of drug-likeness (QED) is 0.202. The number of ether oxygens (including phenoxy) is 2. The van der Waals surface area contributed by atoms with E-state index in [4.69, 9.17) is 9.47 Å². The van der Waals surface area contributed by atoms with E-state index < -0.39 is 21.9 Å². The number of sulfonamides is 1. The van der Waals surface area contributed by atoms with Crippen LogP contribution in [0.4, 0.5) is 0 Å². The van der Waals surface area contributed by atoms with Crippen LogP contribution in [-0.4, -0.2) is 49.3 Å². The maximum Gasteiger partial charge on any atom is 0.266 e. The predicted molar refractivity (Wildman–Crippen MR) is 128 cm³/mol. The molecule has 1 heterocycles. The number of rotatable bonds is 11. The van der Waals surface area contributed by atoms with Crippen molar-refractivity contribution in [2.24, 2.45) is 7.05 Å². The summed E-state index contributed by atoms with van der Waals surface area (Å²) in [5.41, 5.74) is 3.50. The number of nitrogens with one attached hydrogen (secondary N) is 2. The van der Waals surface area contributed by atoms with Crippen LogP contribution in [0, 0.1) is 0 Å². The Kier molecular flexibility index (Phi) is 8.68. The maximum absolute atomic E-state index is 13.0. The van der Waals surface area contributed by atoms with Crippen LogP contribution in [0.1, 0.15) is 21.5 Å². The summed E-state index contributed by atoms with van der Waals surface area (Å²) in [7, 11) is 0.0313. The summed E-state index contributed by atoms with van der Waals surface area (Å²) in [6.45, 7) is 0. The molecule has 2 N–H and O–H groups in total. The van der Waals surface area contributed by atoms with E-state index in [0.717, 1.165) is 22.9 Å². The molecule has 3 rings (SSSR count). The third-order valence-electron chi connectivity index (χ3n) is 4.72. The van der Waals surface area contributed by atoms with Gasteiger partial charge < -0.3 is 23.9 Å². The Balaban J connectivity index is 1.72. The Bertz CT molecular complexity index is 1390. The molecule has 0 spiro atoms. The number of hydrazine groups is 1. The number of carboxylic acids is 1. The molecule has 0 atom stereocenters. The van der Waals surface area contributed by atoms with E-state index in [1.54, 1.807) is 35.2 Å². The lowest BCUT2D eigenvalue weighted by atomic mass is 10.1. The van der Waals surface area contributed by atoms with Gasteiger partial charge in [-0.25, -0.2) is 8.42 Å². The Labute approximate surface area is 211 Å². The molecule has 1 aromatic heterocycles. The smallest absolute Gasteiger partial charge is 0.266 e. The van der Waals surface area contributed by atoms with Crippen LogP contribution in [0.5, 0.6) is 11.5 Å². The van der Waals surface area contributed by atoms with E-state index in [2.05, 4.69) is 15.6 Å². The Morgan fingerprint density at radius 3 is 2.47 bits per heavy atom. The van der Waals surface area contributed by atoms with Gasteiger partial charge in [0.05, 0.1) is 20.2 Å². The second kappa shape index (κ2) is 11.7. The molecule has 0 aliphatic rings. The van der Waals surface area contributed by atoms with Crippen LogP contribution in [0.2, 0.25) is 0 Å². The first-order valence-corrected chi connectivity index (χ1v) is 12.6. The summed E-state index contributed by atoms with van der Waals surface area (Å²) in [5.74, 6) is -1.64. The molecule has 0 saturated carbocycles. The SMILES string of the molecule is COc1cc(/C=C/C(=O)[O-])cc(S(=O)(=O)NNC(=O)c2ccc(CSc3nncn3C)cc2)c1OC. The summed E-state index contributed by atoms with van der Waals surface area (Å²) in [4.78, 5) is 24.9. The van der Waals surface area contributed by atoms with Crippen LogP contribution in [-0.2, 0) is 27.6 Å². The summed E-state index contributed by atoms with van der Waals surface area (Å²) >= 11 is 1.48. The molecule has 1 amide bonds. The van der Waals surface area contributed by atoms with Crippen LogP contribution in [0.25, 0.3) is 6.08 Å². The molecule has 190 valence electrons. The molecule has 0 fully saturated rings. The van der Waals surface area contributed by atoms with E-state index in [0.29, 0.717) is 5.75 Å². The van der Waals surface area contributed by atoms with Crippen molar-refractivity contribution in [2.75, 3.05) is 14.2 Å². The van der Waals surface area contributed by atoms with Crippen molar-refractivity contribution in [1.29, 1.82) is 0 Å². The van der Waals surface area contributed by atoms with Crippen LogP contribution in [0.3, 0.4) is 0 Å². The number of aryl methyl sites for hydroxylation is 1. The second-order valence-corrected chi connectivity index (χ2v) is 9.77. The predicted octanol–water partition coefficient (Wildman–Crippen LogP) is 0.511. The number of aromatic nitrogens is 3. The summed E-state index contributed by atoms with van der Waals surface area (Å²) in [5, 5.41) is 19.3. The first-order valence-electron chi connectivity index (χ1n) is 10.2. The third-order valence-corrected chi connectivity index (χ3v) is 7.08. The summed E-state index contributed by atoms with van der Waals surface area (Å²) in [6, 6.07) is 9.16. The molecule has 0 aliphatic heterocycles. The number of methoxy groups -OCH3 is 2. The average molecular weight is 533 g/mol. The van der Waals surface area contributed by atoms with Gasteiger partial charge in [0, 0.05) is 18.4 Å². The van der Waals surface area contributed by atoms with E-state index in [1.165, 1.54) is 38.1 Å². The Hall–Kier alpha value is -3.88. The van der Waals surface area contributed by atoms with Crippen LogP contribution >= 0.6 is 11.8 Å². The molecule has 2 aromatic carbocycles. The summed E-state index contributed by atoms with van der Waals surface area (Å²) in [6.07, 6.45) is 3.48. The topological polar surface area (TPSA) is 165 Å². The molecule has 0 unspecified atom stereocenters. The first-order chi connectivity index (χ1) is 17.1. The number of thioether (sulfide) groups is 1. The van der Waals surface area contributed by atoms with Crippen molar-refractivity contribution in [3.63, 3.8) is 0 Å². The Morgan fingerprint density at radius 1 is 1.17 bits per heavy atom. The fraction of sp³-hybridized carbons (Fsp3) is 0.182. The van der Waals surface area contributed by atoms with Gasteiger partial charge in [-0.2, -0.15) is 0 Å². The number of amides is 1. The zero-order valence-corrected chi connectivity index (χ0v) is 21.1. The molecule has 12 nitrogen and oxygen atoms in total. The lowest BCUT2D eigenvalue weighted by Crippen LogP contribution is -2.41. The van der Waals surface area contributed by atoms with Gasteiger partial charge in [0.2, 0.25) is 0 Å². The van der Waals surface area contributed by atoms with Gasteiger partial charge in [0.15, 0.2) is 16.7 Å². The number of hydrogen-bond acceptors (Lipinski definition) is 10. The van der Waals surface area contributed by atoms with Crippen LogP contribution in [0.15, 0.2) is 58.9 Å². The lowest BCUT2D eigenvalue weighted by Gasteiger charge is -2.15. The van der Waals surface area contributed by atoms with E-state index in [-0.39, 0.29) is 27.5 Å². The molecule has 0 radical (unpaired) electrons. The van der Waals surface area contributed by atoms with Crippen molar-refractivity contribution in [3.8, 4) is 11.5 Å². The highest BCUT2D eigenvalue weighted by Crippen LogP contribution is 2.35. The fourth-order valence-corrected chi connectivity index (χ4v) is 4.85. The molecule has 0 bridgehead atoms. The number of benzene rings is 2. The van der Waals surface area contributed by atoms with Crippen molar-refractivity contribution in [3.05, 3.63) is 65.5 Å². The minimum atomic E-state index is -4.35. The highest BCUT2D eigenvalue weighted by atomic mass is 32.2. The van der Waals surface area contributed by atoms with E-state index in [1.807, 2.05) is 11.9 Å². The average Bonchev–Trinajstić information content (AvgIpc) is 3.28. The van der Waals surface area contributed by atoms with Crippen LogP contribution < -0.4 is 24.8 Å². The molecular formula is C22H22N5O7S2-. The zero-order chi connectivity index (χ0) is 26.3. The molecule has 0 aliphatic carbocycles. The Morgan fingerprint density at radius 2 is 1.89 bits per heavy atom. The second-order valence-electron chi connectivity index (χ2n) is 7.18. The van der Waals surface area contributed by atoms with Gasteiger partial charge in [-0.1, -0.05) is 30.0 Å². The number of aliphatic carboxylic acids is 1. The minimum Gasteiger partial charge on any atom is -0.545 e. The van der Waals surface area contributed by atoms with Crippen molar-refractivity contribution in [2.45, 2.75) is 15.8 Å². The normalized spacial score (nSPS) is 11.4. The first kappa shape index (κ1) is 26.7. The number of carbonyl (C=O) groups is 2. The maximum atomic E-state index is 13.0. The standard InChI is InChI=1S/C22H23N5O7S2/c1-27-13-23-25-22(27)35-12-14-4-7-16(8-5-14)21(30)24-26-36(31,32)18-11-15(6-9-19(28)29)10-17(33-2)20(18)34-3/h4-11,13,26H,12H2,1-3H3,(H,24,30)(H,28,29)/p-1/b9-6+. The van der Waals surface area contributed by atoms with E-state index >= 15 is 0 Å². The molecule has 0 saturated heterocycles. The molecule has 14 heteroatoms. The van der Waals surface area contributed by atoms with E-state index in [9.17, 15) is 23.1 Å². The van der Waals surface area contributed by atoms with Gasteiger partial charge in [0.1, 0.15) is 11.2 Å². The van der Waals surface area contributed by atoms with Crippen molar-refractivity contribution in [1.82, 2.24) is 25.0 Å². The van der Waals surface area contributed by atoms with Crippen molar-refractivity contribution >= 4 is 39.7 Å². The number of carboxylic acid groups (broad SMARTS) is 1. The third kappa shape index (κ3) is 6.62. The highest BCUT2D eigenvalue weighted by Gasteiger charge is 2.24. The van der Waals surface area contributed by atoms with Gasteiger partial charge in [0.25, 0.3) is 15.9 Å². The number of hydrogen-bond donors (Lipinski definition) is 2. The van der Waals surface area contributed by atoms with Gasteiger partial charge in [-0.3, -0.25) is 10.2 Å². The minimum absolute atomic E-state index is 0.0412. The summed E-state index contributed by atoms with van der Waals surface area (Å²) < 4.78 is 38.0. The monoisotopic (exact) mass is 532 g/mol. The fourth-order valence-electron chi connectivity index (χ4n) is 2.95. The largest absolute Gasteiger partial charge is 0.545 e. The molecule has 3 aromatic rings. The number of nitrogens with zero attached hydrogens (tertiary/aromatic N) is 3. The molecule has 36 heavy (non-hydrogen) atoms. The lowest BCUT2D eigenvalue weighted by molar-refractivity contribution is -0.297. The van der Waals surface area contributed by atoms with Gasteiger partial charge in [-0.15, -0.1) is 15.0 Å².